The minimum Gasteiger partial charge on any atom is -0.454 e. The van der Waals surface area contributed by atoms with Crippen molar-refractivity contribution in [3.8, 4) is 11.5 Å². The molecule has 1 heterocycles. The molecule has 2 aliphatic carbocycles. The smallest absolute Gasteiger partial charge is 0.253 e. The molecule has 3 aliphatic rings. The van der Waals surface area contributed by atoms with Gasteiger partial charge in [-0.25, -0.2) is 0 Å². The number of nitrogen functional groups attached to an aromatic ring is 1. The standard InChI is InChI=1S/C15H18N2O3/c16-11-6-13-12(19-8-20-13)5-10(11)14(18)17-7-15(3-4-15)9-1-2-9/h5-6,9H,1-4,7-8,16H2,(H,17,18). The van der Waals surface area contributed by atoms with Gasteiger partial charge in [0.05, 0.1) is 5.56 Å². The van der Waals surface area contributed by atoms with Crippen molar-refractivity contribution in [2.75, 3.05) is 19.1 Å². The van der Waals surface area contributed by atoms with Crippen molar-refractivity contribution in [3.05, 3.63) is 17.7 Å². The third-order valence-electron chi connectivity index (χ3n) is 4.73. The SMILES string of the molecule is Nc1cc2c(cc1C(=O)NCC1(C3CC3)CC1)OCO2. The number of hydrogen-bond donors (Lipinski definition) is 2. The summed E-state index contributed by atoms with van der Waals surface area (Å²) in [4.78, 5) is 12.3. The summed E-state index contributed by atoms with van der Waals surface area (Å²) < 4.78 is 10.5. The van der Waals surface area contributed by atoms with E-state index in [1.807, 2.05) is 0 Å². The molecule has 2 saturated carbocycles. The second-order valence-corrected chi connectivity index (χ2v) is 6.11. The van der Waals surface area contributed by atoms with Crippen molar-refractivity contribution in [1.29, 1.82) is 0 Å². The second kappa shape index (κ2) is 4.04. The van der Waals surface area contributed by atoms with Crippen LogP contribution in [0.3, 0.4) is 0 Å². The number of benzene rings is 1. The Labute approximate surface area is 117 Å². The summed E-state index contributed by atoms with van der Waals surface area (Å²) in [6.07, 6.45) is 5.13. The second-order valence-electron chi connectivity index (χ2n) is 6.11. The maximum absolute atomic E-state index is 12.3. The number of hydrogen-bond acceptors (Lipinski definition) is 4. The summed E-state index contributed by atoms with van der Waals surface area (Å²) in [6, 6.07) is 3.33. The van der Waals surface area contributed by atoms with E-state index in [1.54, 1.807) is 12.1 Å². The fourth-order valence-corrected chi connectivity index (χ4v) is 3.09. The number of carbonyl (C=O) groups is 1. The molecule has 0 atom stereocenters. The Morgan fingerprint density at radius 2 is 2.00 bits per heavy atom. The first-order valence-electron chi connectivity index (χ1n) is 7.15. The van der Waals surface area contributed by atoms with E-state index in [2.05, 4.69) is 5.32 Å². The van der Waals surface area contributed by atoms with E-state index in [4.69, 9.17) is 15.2 Å². The van der Waals surface area contributed by atoms with E-state index in [0.717, 1.165) is 12.5 Å². The Kier molecular flexibility index (Phi) is 2.40. The Morgan fingerprint density at radius 1 is 1.30 bits per heavy atom. The van der Waals surface area contributed by atoms with Crippen LogP contribution in [-0.2, 0) is 0 Å². The lowest BCUT2D eigenvalue weighted by Crippen LogP contribution is -2.31. The quantitative estimate of drug-likeness (QED) is 0.823. The molecule has 20 heavy (non-hydrogen) atoms. The first kappa shape index (κ1) is 11.9. The molecule has 0 radical (unpaired) electrons. The lowest BCUT2D eigenvalue weighted by atomic mass is 10.0. The maximum Gasteiger partial charge on any atom is 0.253 e. The number of amides is 1. The van der Waals surface area contributed by atoms with Crippen LogP contribution in [0.25, 0.3) is 0 Å². The Bertz CT molecular complexity index is 577. The van der Waals surface area contributed by atoms with Crippen LogP contribution in [0, 0.1) is 11.3 Å². The molecule has 4 rings (SSSR count). The van der Waals surface area contributed by atoms with Crippen LogP contribution in [0.15, 0.2) is 12.1 Å². The van der Waals surface area contributed by atoms with Crippen LogP contribution in [0.2, 0.25) is 0 Å². The molecule has 1 aromatic rings. The van der Waals surface area contributed by atoms with Crippen LogP contribution >= 0.6 is 0 Å². The molecule has 0 spiro atoms. The zero-order valence-corrected chi connectivity index (χ0v) is 11.3. The minimum atomic E-state index is -0.118. The van der Waals surface area contributed by atoms with Crippen molar-refractivity contribution in [2.24, 2.45) is 11.3 Å². The van der Waals surface area contributed by atoms with Crippen molar-refractivity contribution >= 4 is 11.6 Å². The highest BCUT2D eigenvalue weighted by molar-refractivity contribution is 6.00. The topological polar surface area (TPSA) is 73.6 Å². The van der Waals surface area contributed by atoms with Gasteiger partial charge in [-0.05, 0) is 43.1 Å². The number of anilines is 1. The summed E-state index contributed by atoms with van der Waals surface area (Å²) in [6.45, 7) is 0.953. The first-order chi connectivity index (χ1) is 9.68. The lowest BCUT2D eigenvalue weighted by molar-refractivity contribution is 0.0943. The van der Waals surface area contributed by atoms with Crippen molar-refractivity contribution < 1.29 is 14.3 Å². The van der Waals surface area contributed by atoms with E-state index in [-0.39, 0.29) is 12.7 Å². The molecule has 106 valence electrons. The number of ether oxygens (including phenoxy) is 2. The predicted molar refractivity (Wildman–Crippen MR) is 73.7 cm³/mol. The zero-order chi connectivity index (χ0) is 13.7. The van der Waals surface area contributed by atoms with Gasteiger partial charge in [-0.3, -0.25) is 4.79 Å². The monoisotopic (exact) mass is 274 g/mol. The molecule has 0 saturated heterocycles. The summed E-state index contributed by atoms with van der Waals surface area (Å²) in [5.41, 5.74) is 7.22. The van der Waals surface area contributed by atoms with Crippen molar-refractivity contribution in [2.45, 2.75) is 25.7 Å². The fraction of sp³-hybridized carbons (Fsp3) is 0.533. The van der Waals surface area contributed by atoms with E-state index in [9.17, 15) is 4.79 Å². The minimum absolute atomic E-state index is 0.118. The Morgan fingerprint density at radius 3 is 2.65 bits per heavy atom. The fourth-order valence-electron chi connectivity index (χ4n) is 3.09. The molecule has 2 fully saturated rings. The number of nitrogens with two attached hydrogens (primary N) is 1. The normalized spacial score (nSPS) is 21.6. The Balaban J connectivity index is 1.48. The molecule has 5 nitrogen and oxygen atoms in total. The van der Waals surface area contributed by atoms with Crippen molar-refractivity contribution in [3.63, 3.8) is 0 Å². The van der Waals surface area contributed by atoms with Gasteiger partial charge in [-0.1, -0.05) is 0 Å². The number of rotatable bonds is 4. The van der Waals surface area contributed by atoms with Crippen molar-refractivity contribution in [1.82, 2.24) is 5.32 Å². The van der Waals surface area contributed by atoms with Gasteiger partial charge in [0, 0.05) is 18.3 Å². The van der Waals surface area contributed by atoms with Crippen LogP contribution in [0.4, 0.5) is 5.69 Å². The summed E-state index contributed by atoms with van der Waals surface area (Å²) in [7, 11) is 0. The average Bonchev–Trinajstić information content (AvgIpc) is 3.32. The van der Waals surface area contributed by atoms with E-state index in [1.165, 1.54) is 25.7 Å². The molecule has 0 bridgehead atoms. The van der Waals surface area contributed by atoms with Crippen LogP contribution < -0.4 is 20.5 Å². The molecule has 0 unspecified atom stereocenters. The predicted octanol–water partition coefficient (Wildman–Crippen LogP) is 1.92. The number of carbonyl (C=O) groups excluding carboxylic acids is 1. The lowest BCUT2D eigenvalue weighted by Gasteiger charge is -2.15. The van der Waals surface area contributed by atoms with Crippen LogP contribution in [0.1, 0.15) is 36.0 Å². The highest BCUT2D eigenvalue weighted by atomic mass is 16.7. The van der Waals surface area contributed by atoms with Gasteiger partial charge in [-0.15, -0.1) is 0 Å². The first-order valence-corrected chi connectivity index (χ1v) is 7.15. The van der Waals surface area contributed by atoms with Gasteiger partial charge in [0.25, 0.3) is 5.91 Å². The van der Waals surface area contributed by atoms with E-state index >= 15 is 0 Å². The van der Waals surface area contributed by atoms with E-state index in [0.29, 0.717) is 28.2 Å². The van der Waals surface area contributed by atoms with Gasteiger partial charge in [0.1, 0.15) is 0 Å². The highest BCUT2D eigenvalue weighted by Gasteiger charge is 2.53. The molecule has 1 aromatic carbocycles. The van der Waals surface area contributed by atoms with Crippen LogP contribution in [0.5, 0.6) is 11.5 Å². The third kappa shape index (κ3) is 1.88. The third-order valence-corrected chi connectivity index (χ3v) is 4.73. The van der Waals surface area contributed by atoms with Gasteiger partial charge in [0.2, 0.25) is 6.79 Å². The van der Waals surface area contributed by atoms with Gasteiger partial charge >= 0.3 is 0 Å². The van der Waals surface area contributed by atoms with Gasteiger partial charge in [-0.2, -0.15) is 0 Å². The molecule has 5 heteroatoms. The summed E-state index contributed by atoms with van der Waals surface area (Å²) in [5, 5.41) is 3.04. The molecule has 0 aromatic heterocycles. The molecular weight excluding hydrogens is 256 g/mol. The molecule has 1 amide bonds. The summed E-state index contributed by atoms with van der Waals surface area (Å²) in [5.74, 6) is 1.91. The molecule has 3 N–H and O–H groups in total. The zero-order valence-electron chi connectivity index (χ0n) is 11.3. The molecule has 1 aliphatic heterocycles. The molecular formula is C15H18N2O3. The van der Waals surface area contributed by atoms with Gasteiger partial charge < -0.3 is 20.5 Å². The van der Waals surface area contributed by atoms with Gasteiger partial charge in [0.15, 0.2) is 11.5 Å². The van der Waals surface area contributed by atoms with Crippen LogP contribution in [-0.4, -0.2) is 19.2 Å². The number of fused-ring (bicyclic) bond motifs is 1. The largest absolute Gasteiger partial charge is 0.454 e. The average molecular weight is 274 g/mol. The Hall–Kier alpha value is -1.91. The van der Waals surface area contributed by atoms with E-state index < -0.39 is 0 Å². The number of nitrogens with one attached hydrogen (secondary N) is 1. The summed E-state index contributed by atoms with van der Waals surface area (Å²) >= 11 is 0. The highest BCUT2D eigenvalue weighted by Crippen LogP contribution is 2.60. The maximum atomic E-state index is 12.3.